The molecule has 0 unspecified atom stereocenters. The van der Waals surface area contributed by atoms with E-state index in [0.29, 0.717) is 18.7 Å². The van der Waals surface area contributed by atoms with Crippen LogP contribution in [-0.2, 0) is 9.53 Å². The average Bonchev–Trinajstić information content (AvgIpc) is 1.88. The van der Waals surface area contributed by atoms with Crippen LogP contribution in [0.15, 0.2) is 12.2 Å². The highest BCUT2D eigenvalue weighted by Gasteiger charge is 2.00. The molecule has 0 fully saturated rings. The normalized spacial score (nSPS) is 8.18. The summed E-state index contributed by atoms with van der Waals surface area (Å²) in [5.74, 6) is -0.324. The molecule has 0 aliphatic carbocycles. The van der Waals surface area contributed by atoms with Crippen molar-refractivity contribution in [2.75, 3.05) is 20.2 Å². The van der Waals surface area contributed by atoms with Gasteiger partial charge in [0.15, 0.2) is 0 Å². The van der Waals surface area contributed by atoms with Crippen LogP contribution in [0, 0.1) is 0 Å². The molecule has 0 aliphatic heterocycles. The van der Waals surface area contributed by atoms with Gasteiger partial charge in [-0.15, -0.1) is 0 Å². The number of likely N-dealkylation sites (N-methyl/N-ethyl adjacent to an activating group) is 1. The highest BCUT2D eigenvalue weighted by molar-refractivity contribution is 5.86. The molecule has 0 saturated carbocycles. The van der Waals surface area contributed by atoms with E-state index in [2.05, 4.69) is 11.9 Å². The zero-order valence-electron chi connectivity index (χ0n) is 7.14. The summed E-state index contributed by atoms with van der Waals surface area (Å²) in [5, 5.41) is 2.86. The van der Waals surface area contributed by atoms with Gasteiger partial charge in [0.2, 0.25) is 0 Å². The van der Waals surface area contributed by atoms with Crippen molar-refractivity contribution >= 4 is 5.97 Å². The Morgan fingerprint density at radius 3 is 2.55 bits per heavy atom. The van der Waals surface area contributed by atoms with Crippen molar-refractivity contribution in [2.45, 2.75) is 6.92 Å². The highest BCUT2D eigenvalue weighted by atomic mass is 16.5. The van der Waals surface area contributed by atoms with E-state index in [1.807, 2.05) is 0 Å². The molecule has 0 aromatic carbocycles. The molecule has 4 nitrogen and oxygen atoms in total. The Hall–Kier alpha value is -0.870. The summed E-state index contributed by atoms with van der Waals surface area (Å²) in [6, 6.07) is 0. The van der Waals surface area contributed by atoms with E-state index in [1.165, 1.54) is 0 Å². The second kappa shape index (κ2) is 7.24. The van der Waals surface area contributed by atoms with E-state index >= 15 is 0 Å². The zero-order chi connectivity index (χ0) is 7.98. The number of esters is 1. The third kappa shape index (κ3) is 7.02. The number of rotatable bonds is 4. The Kier molecular flexibility index (Phi) is 8.41. The van der Waals surface area contributed by atoms with Gasteiger partial charge in [0.05, 0.1) is 0 Å². The minimum absolute atomic E-state index is 0. The van der Waals surface area contributed by atoms with Gasteiger partial charge < -0.3 is 16.2 Å². The van der Waals surface area contributed by atoms with Crippen molar-refractivity contribution in [3.63, 3.8) is 0 Å². The smallest absolute Gasteiger partial charge is 0.333 e. The lowest BCUT2D eigenvalue weighted by Crippen LogP contribution is -2.17. The van der Waals surface area contributed by atoms with E-state index in [-0.39, 0.29) is 12.1 Å². The number of hydrogen-bond donors (Lipinski definition) is 2. The molecule has 66 valence electrons. The molecule has 0 radical (unpaired) electrons. The first-order valence-corrected chi connectivity index (χ1v) is 3.15. The molecule has 0 heterocycles. The van der Waals surface area contributed by atoms with E-state index in [4.69, 9.17) is 4.74 Å². The number of hydrogen-bond acceptors (Lipinski definition) is 4. The van der Waals surface area contributed by atoms with Crippen LogP contribution in [0.1, 0.15) is 6.92 Å². The molecule has 0 bridgehead atoms. The lowest BCUT2D eigenvalue weighted by molar-refractivity contribution is -0.138. The first kappa shape index (κ1) is 12.8. The predicted octanol–water partition coefficient (Wildman–Crippen LogP) is 0.487. The summed E-state index contributed by atoms with van der Waals surface area (Å²) in [4.78, 5) is 10.7. The van der Waals surface area contributed by atoms with Gasteiger partial charge in [-0.1, -0.05) is 6.58 Å². The van der Waals surface area contributed by atoms with Gasteiger partial charge >= 0.3 is 5.97 Å². The standard InChI is InChI=1S/C7H13NO2.H3N/c1-6(2)7(9)10-5-4-8-3;/h8H,1,4-5H2,2-3H3;1H3. The largest absolute Gasteiger partial charge is 0.461 e. The lowest BCUT2D eigenvalue weighted by Gasteiger charge is -2.01. The highest BCUT2D eigenvalue weighted by Crippen LogP contribution is 1.89. The van der Waals surface area contributed by atoms with Crippen LogP contribution in [0.2, 0.25) is 0 Å². The molecular formula is C7H16N2O2. The van der Waals surface area contributed by atoms with Crippen LogP contribution < -0.4 is 11.5 Å². The number of carbonyl (C=O) groups excluding carboxylic acids is 1. The van der Waals surface area contributed by atoms with Crippen LogP contribution in [0.4, 0.5) is 0 Å². The Morgan fingerprint density at radius 2 is 2.18 bits per heavy atom. The van der Waals surface area contributed by atoms with Crippen LogP contribution >= 0.6 is 0 Å². The fourth-order valence-electron chi connectivity index (χ4n) is 0.369. The average molecular weight is 160 g/mol. The maximum atomic E-state index is 10.7. The molecule has 11 heavy (non-hydrogen) atoms. The van der Waals surface area contributed by atoms with Gasteiger partial charge in [-0.2, -0.15) is 0 Å². The number of carbonyl (C=O) groups is 1. The van der Waals surface area contributed by atoms with E-state index in [1.54, 1.807) is 14.0 Å². The molecule has 0 rings (SSSR count). The number of ether oxygens (including phenoxy) is 1. The summed E-state index contributed by atoms with van der Waals surface area (Å²) >= 11 is 0. The van der Waals surface area contributed by atoms with Gasteiger partial charge in [0.1, 0.15) is 6.61 Å². The Bertz CT molecular complexity index is 134. The van der Waals surface area contributed by atoms with E-state index in [0.717, 1.165) is 0 Å². The summed E-state index contributed by atoms with van der Waals surface area (Å²) in [7, 11) is 1.80. The van der Waals surface area contributed by atoms with Crippen LogP contribution in [-0.4, -0.2) is 26.2 Å². The van der Waals surface area contributed by atoms with E-state index in [9.17, 15) is 4.79 Å². The Balaban J connectivity index is 0. The predicted molar refractivity (Wildman–Crippen MR) is 44.7 cm³/mol. The molecule has 0 aromatic heterocycles. The summed E-state index contributed by atoms with van der Waals surface area (Å²) < 4.78 is 4.74. The second-order valence-electron chi connectivity index (χ2n) is 2.02. The summed E-state index contributed by atoms with van der Waals surface area (Å²) in [6.07, 6.45) is 0. The molecule has 0 amide bonds. The van der Waals surface area contributed by atoms with Gasteiger partial charge in [-0.25, -0.2) is 4.79 Å². The molecule has 0 aromatic rings. The zero-order valence-corrected chi connectivity index (χ0v) is 7.14. The summed E-state index contributed by atoms with van der Waals surface area (Å²) in [5.41, 5.74) is 0.441. The molecule has 0 aliphatic rings. The van der Waals surface area contributed by atoms with Crippen LogP contribution in [0.25, 0.3) is 0 Å². The van der Waals surface area contributed by atoms with Gasteiger partial charge in [0.25, 0.3) is 0 Å². The third-order valence-electron chi connectivity index (χ3n) is 0.934. The molecule has 0 spiro atoms. The van der Waals surface area contributed by atoms with Gasteiger partial charge in [-0.05, 0) is 14.0 Å². The topological polar surface area (TPSA) is 73.3 Å². The quantitative estimate of drug-likeness (QED) is 0.356. The van der Waals surface area contributed by atoms with Crippen molar-refractivity contribution in [1.82, 2.24) is 11.5 Å². The van der Waals surface area contributed by atoms with Gasteiger partial charge in [0, 0.05) is 12.1 Å². The van der Waals surface area contributed by atoms with Gasteiger partial charge in [-0.3, -0.25) is 0 Å². The fourth-order valence-corrected chi connectivity index (χ4v) is 0.369. The van der Waals surface area contributed by atoms with Crippen LogP contribution in [0.3, 0.4) is 0 Å². The minimum Gasteiger partial charge on any atom is -0.461 e. The fraction of sp³-hybridized carbons (Fsp3) is 0.571. The Morgan fingerprint density at radius 1 is 1.64 bits per heavy atom. The molecule has 4 N–H and O–H groups in total. The van der Waals surface area contributed by atoms with Crippen molar-refractivity contribution in [1.29, 1.82) is 0 Å². The molecule has 0 atom stereocenters. The summed E-state index contributed by atoms with van der Waals surface area (Å²) in [6.45, 7) is 6.15. The molecular weight excluding hydrogens is 144 g/mol. The van der Waals surface area contributed by atoms with Crippen molar-refractivity contribution in [3.05, 3.63) is 12.2 Å². The Labute approximate surface area is 67.2 Å². The van der Waals surface area contributed by atoms with Crippen molar-refractivity contribution in [3.8, 4) is 0 Å². The lowest BCUT2D eigenvalue weighted by atomic mass is 10.4. The van der Waals surface area contributed by atoms with Crippen molar-refractivity contribution in [2.24, 2.45) is 0 Å². The van der Waals surface area contributed by atoms with Crippen molar-refractivity contribution < 1.29 is 9.53 Å². The minimum atomic E-state index is -0.324. The maximum absolute atomic E-state index is 10.7. The monoisotopic (exact) mass is 160 g/mol. The maximum Gasteiger partial charge on any atom is 0.333 e. The van der Waals surface area contributed by atoms with Crippen LogP contribution in [0.5, 0.6) is 0 Å². The molecule has 4 heteroatoms. The first-order valence-electron chi connectivity index (χ1n) is 3.15. The van der Waals surface area contributed by atoms with E-state index < -0.39 is 0 Å². The second-order valence-corrected chi connectivity index (χ2v) is 2.02. The molecule has 0 saturated heterocycles. The SMILES string of the molecule is C=C(C)C(=O)OCCNC.N. The third-order valence-corrected chi connectivity index (χ3v) is 0.934. The number of nitrogens with one attached hydrogen (secondary N) is 1. The first-order chi connectivity index (χ1) is 4.68.